The summed E-state index contributed by atoms with van der Waals surface area (Å²) in [6.45, 7) is 19.0. The first kappa shape index (κ1) is 35.3. The number of rotatable bonds is 5. The molecule has 0 atom stereocenters. The van der Waals surface area contributed by atoms with Crippen molar-refractivity contribution in [3.05, 3.63) is 174 Å². The van der Waals surface area contributed by atoms with Crippen molar-refractivity contribution in [1.29, 1.82) is 0 Å². The number of fused-ring (bicyclic) bond motifs is 6. The fourth-order valence-electron chi connectivity index (χ4n) is 8.79. The molecule has 0 amide bonds. The maximum atomic E-state index is 2.52. The van der Waals surface area contributed by atoms with Gasteiger partial charge in [0.15, 0.2) is 0 Å². The van der Waals surface area contributed by atoms with Gasteiger partial charge in [0.2, 0.25) is 0 Å². The highest BCUT2D eigenvalue weighted by atomic mass is 32.1. The van der Waals surface area contributed by atoms with E-state index >= 15 is 0 Å². The molecule has 0 spiro atoms. The lowest BCUT2D eigenvalue weighted by Crippen LogP contribution is -2.21. The number of para-hydroxylation sites is 1. The van der Waals surface area contributed by atoms with Gasteiger partial charge in [0.05, 0.1) is 16.1 Å². The Kier molecular flexibility index (Phi) is 8.22. The van der Waals surface area contributed by atoms with Crippen molar-refractivity contribution in [2.24, 2.45) is 0 Å². The molecule has 0 unspecified atom stereocenters. The first-order chi connectivity index (χ1) is 26.3. The molecule has 9 rings (SSSR count). The van der Waals surface area contributed by atoms with Crippen LogP contribution >= 0.6 is 11.3 Å². The van der Waals surface area contributed by atoms with Crippen molar-refractivity contribution in [3.63, 3.8) is 0 Å². The molecule has 8 aromatic rings. The van der Waals surface area contributed by atoms with Crippen molar-refractivity contribution in [3.8, 4) is 33.4 Å². The number of benzene rings is 7. The van der Waals surface area contributed by atoms with Gasteiger partial charge in [0, 0.05) is 32.1 Å². The van der Waals surface area contributed by atoms with Crippen LogP contribution in [-0.2, 0) is 16.2 Å². The van der Waals surface area contributed by atoms with E-state index in [1.165, 1.54) is 87.2 Å². The van der Waals surface area contributed by atoms with Crippen LogP contribution in [0.15, 0.2) is 152 Å². The predicted octanol–water partition coefficient (Wildman–Crippen LogP) is 15.8. The molecule has 0 fully saturated rings. The van der Waals surface area contributed by atoms with Gasteiger partial charge in [-0.2, -0.15) is 0 Å². The van der Waals surface area contributed by atoms with Crippen molar-refractivity contribution in [2.75, 3.05) is 4.90 Å². The molecule has 1 heterocycles. The average molecular weight is 732 g/mol. The van der Waals surface area contributed by atoms with E-state index in [1.54, 1.807) is 0 Å². The Morgan fingerprint density at radius 3 is 1.85 bits per heavy atom. The summed E-state index contributed by atoms with van der Waals surface area (Å²) in [7, 11) is 0. The summed E-state index contributed by atoms with van der Waals surface area (Å²) >= 11 is 1.88. The summed E-state index contributed by atoms with van der Waals surface area (Å²) in [6.07, 6.45) is 0. The zero-order chi connectivity index (χ0) is 38.3. The fourth-order valence-corrected chi connectivity index (χ4v) is 9.99. The van der Waals surface area contributed by atoms with Crippen molar-refractivity contribution < 1.29 is 0 Å². The van der Waals surface area contributed by atoms with E-state index in [2.05, 4.69) is 212 Å². The highest BCUT2D eigenvalue weighted by Gasteiger charge is 2.41. The van der Waals surface area contributed by atoms with Gasteiger partial charge in [-0.05, 0) is 91.2 Å². The molecule has 2 heteroatoms. The molecule has 7 aromatic carbocycles. The SMILES string of the molecule is CC(C)(C)c1cc(C(C)(C)C)c2c(c1)C(C)(C)c1cccc(-c3ccccc3N(c3ccc(-c4ccccc4)cc3)c3cccc4c3sc3ccccc34)c1-2. The largest absolute Gasteiger partial charge is 0.308 e. The molecule has 1 aliphatic rings. The second kappa shape index (κ2) is 12.8. The third-order valence-electron chi connectivity index (χ3n) is 11.8. The van der Waals surface area contributed by atoms with E-state index in [-0.39, 0.29) is 16.2 Å². The molecule has 1 aliphatic carbocycles. The van der Waals surface area contributed by atoms with Gasteiger partial charge in [0.25, 0.3) is 0 Å². The van der Waals surface area contributed by atoms with Gasteiger partial charge in [-0.1, -0.05) is 177 Å². The van der Waals surface area contributed by atoms with Crippen molar-refractivity contribution in [2.45, 2.75) is 71.6 Å². The lowest BCUT2D eigenvalue weighted by Gasteiger charge is -2.31. The standard InChI is InChI=1S/C53H49NS/c1-51(2,3)36-32-43(52(4,5)6)49-44(33-36)53(7,8)42-24-16-22-40(48(42)49)38-20-12-14-25-45(38)54(37-30-28-35(29-31-37)34-18-10-9-11-19-34)46-26-17-23-41-39-21-13-15-27-47(39)55-50(41)46/h9-33H,1-8H3. The smallest absolute Gasteiger partial charge is 0.0640 e. The van der Waals surface area contributed by atoms with E-state index in [9.17, 15) is 0 Å². The van der Waals surface area contributed by atoms with E-state index in [4.69, 9.17) is 0 Å². The summed E-state index contributed by atoms with van der Waals surface area (Å²) in [5, 5.41) is 2.60. The van der Waals surface area contributed by atoms with E-state index in [0.717, 1.165) is 5.69 Å². The molecule has 1 aromatic heterocycles. The highest BCUT2D eigenvalue weighted by Crippen LogP contribution is 2.57. The Hall–Kier alpha value is -5.44. The van der Waals surface area contributed by atoms with Gasteiger partial charge < -0.3 is 4.90 Å². The predicted molar refractivity (Wildman–Crippen MR) is 240 cm³/mol. The van der Waals surface area contributed by atoms with E-state index in [1.807, 2.05) is 11.3 Å². The normalized spacial score (nSPS) is 13.6. The number of thiophene rings is 1. The third kappa shape index (κ3) is 5.81. The molecule has 0 saturated carbocycles. The molecular weight excluding hydrogens is 683 g/mol. The van der Waals surface area contributed by atoms with Crippen LogP contribution in [-0.4, -0.2) is 0 Å². The second-order valence-corrected chi connectivity index (χ2v) is 18.9. The van der Waals surface area contributed by atoms with Crippen LogP contribution in [0.4, 0.5) is 17.1 Å². The van der Waals surface area contributed by atoms with Gasteiger partial charge in [-0.25, -0.2) is 0 Å². The molecule has 0 N–H and O–H groups in total. The van der Waals surface area contributed by atoms with E-state index < -0.39 is 0 Å². The molecule has 0 radical (unpaired) electrons. The van der Waals surface area contributed by atoms with Crippen molar-refractivity contribution in [1.82, 2.24) is 0 Å². The molecule has 0 saturated heterocycles. The molecule has 0 aliphatic heterocycles. The molecule has 272 valence electrons. The zero-order valence-corrected chi connectivity index (χ0v) is 34.1. The van der Waals surface area contributed by atoms with Crippen LogP contribution in [0.1, 0.15) is 77.6 Å². The van der Waals surface area contributed by atoms with Crippen LogP contribution < -0.4 is 4.90 Å². The topological polar surface area (TPSA) is 3.24 Å². The molecule has 1 nitrogen and oxygen atoms in total. The van der Waals surface area contributed by atoms with Gasteiger partial charge in [0.1, 0.15) is 0 Å². The number of hydrogen-bond acceptors (Lipinski definition) is 2. The number of hydrogen-bond donors (Lipinski definition) is 0. The second-order valence-electron chi connectivity index (χ2n) is 17.8. The van der Waals surface area contributed by atoms with Crippen molar-refractivity contribution >= 4 is 48.6 Å². The zero-order valence-electron chi connectivity index (χ0n) is 33.3. The first-order valence-electron chi connectivity index (χ1n) is 19.6. The minimum Gasteiger partial charge on any atom is -0.308 e. The third-order valence-corrected chi connectivity index (χ3v) is 13.0. The molecular formula is C53H49NS. The summed E-state index contributed by atoms with van der Waals surface area (Å²) < 4.78 is 2.60. The van der Waals surface area contributed by atoms with Crippen LogP contribution in [0.5, 0.6) is 0 Å². The monoisotopic (exact) mass is 731 g/mol. The Balaban J connectivity index is 1.32. The summed E-state index contributed by atoms with van der Waals surface area (Å²) in [5.41, 5.74) is 16.7. The summed E-state index contributed by atoms with van der Waals surface area (Å²) in [5.74, 6) is 0. The highest BCUT2D eigenvalue weighted by molar-refractivity contribution is 7.26. The lowest BCUT2D eigenvalue weighted by molar-refractivity contribution is 0.564. The van der Waals surface area contributed by atoms with Gasteiger partial charge in [-0.3, -0.25) is 0 Å². The van der Waals surface area contributed by atoms with E-state index in [0.29, 0.717) is 0 Å². The Labute approximate surface area is 330 Å². The quantitative estimate of drug-likeness (QED) is 0.170. The van der Waals surface area contributed by atoms with Crippen LogP contribution in [0, 0.1) is 0 Å². The molecule has 55 heavy (non-hydrogen) atoms. The average Bonchev–Trinajstić information content (AvgIpc) is 3.67. The minimum atomic E-state index is -0.146. The van der Waals surface area contributed by atoms with Crippen LogP contribution in [0.25, 0.3) is 53.6 Å². The maximum Gasteiger partial charge on any atom is 0.0640 e. The number of nitrogens with zero attached hydrogens (tertiary/aromatic N) is 1. The maximum absolute atomic E-state index is 2.52. The van der Waals surface area contributed by atoms with Crippen LogP contribution in [0.2, 0.25) is 0 Å². The minimum absolute atomic E-state index is 0.0412. The number of anilines is 3. The Morgan fingerprint density at radius 2 is 1.11 bits per heavy atom. The van der Waals surface area contributed by atoms with Crippen LogP contribution in [0.3, 0.4) is 0 Å². The Morgan fingerprint density at radius 1 is 0.491 bits per heavy atom. The summed E-state index contributed by atoms with van der Waals surface area (Å²) in [4.78, 5) is 2.51. The molecule has 0 bridgehead atoms. The van der Waals surface area contributed by atoms with Gasteiger partial charge >= 0.3 is 0 Å². The Bertz CT molecular complexity index is 2730. The lowest BCUT2D eigenvalue weighted by atomic mass is 9.74. The summed E-state index contributed by atoms with van der Waals surface area (Å²) in [6, 6.07) is 56.6. The fraction of sp³-hybridized carbons (Fsp3) is 0.208. The van der Waals surface area contributed by atoms with Gasteiger partial charge in [-0.15, -0.1) is 11.3 Å². The first-order valence-corrected chi connectivity index (χ1v) is 20.4.